The van der Waals surface area contributed by atoms with Crippen LogP contribution in [0.3, 0.4) is 0 Å². The maximum absolute atomic E-state index is 12.2. The van der Waals surface area contributed by atoms with Gasteiger partial charge in [-0.1, -0.05) is 13.8 Å². The molecule has 1 aliphatic rings. The van der Waals surface area contributed by atoms with Crippen LogP contribution >= 0.6 is 0 Å². The first-order valence-electron chi connectivity index (χ1n) is 7.00. The number of hydrogen-bond acceptors (Lipinski definition) is 3. The molecule has 2 aromatic heterocycles. The molecule has 0 radical (unpaired) electrons. The first kappa shape index (κ1) is 13.1. The smallest absolute Gasteiger partial charge is 0.165 e. The van der Waals surface area contributed by atoms with Crippen LogP contribution in [0.25, 0.3) is 0 Å². The maximum Gasteiger partial charge on any atom is 0.165 e. The molecule has 3 rings (SSSR count). The molecule has 0 saturated carbocycles. The fourth-order valence-electron chi connectivity index (χ4n) is 2.93. The lowest BCUT2D eigenvalue weighted by atomic mass is 9.76. The minimum atomic E-state index is 0.0590. The second kappa shape index (κ2) is 4.58. The van der Waals surface area contributed by atoms with Crippen molar-refractivity contribution in [2.45, 2.75) is 39.7 Å². The van der Waals surface area contributed by atoms with Gasteiger partial charge in [0, 0.05) is 43.9 Å². The Labute approximate surface area is 118 Å². The second-order valence-electron chi connectivity index (χ2n) is 6.39. The van der Waals surface area contributed by atoms with Gasteiger partial charge in [-0.05, 0) is 17.9 Å². The van der Waals surface area contributed by atoms with Gasteiger partial charge in [-0.15, -0.1) is 0 Å². The fraction of sp³-hybridized carbons (Fsp3) is 0.533. The van der Waals surface area contributed by atoms with Crippen LogP contribution in [-0.4, -0.2) is 25.1 Å². The average Bonchev–Trinajstić information content (AvgIpc) is 2.92. The van der Waals surface area contributed by atoms with E-state index in [2.05, 4.69) is 28.5 Å². The highest BCUT2D eigenvalue weighted by Gasteiger charge is 2.32. The molecule has 0 amide bonds. The zero-order chi connectivity index (χ0) is 14.3. The van der Waals surface area contributed by atoms with Crippen molar-refractivity contribution in [1.29, 1.82) is 0 Å². The molecule has 0 spiro atoms. The van der Waals surface area contributed by atoms with E-state index in [0.29, 0.717) is 6.42 Å². The number of carbonyl (C=O) groups is 1. The third-order valence-corrected chi connectivity index (χ3v) is 3.89. The lowest BCUT2D eigenvalue weighted by Gasteiger charge is -2.29. The summed E-state index contributed by atoms with van der Waals surface area (Å²) in [6.07, 6.45) is 6.12. The molecule has 20 heavy (non-hydrogen) atoms. The number of hydrogen-bond donors (Lipinski definition) is 0. The second-order valence-corrected chi connectivity index (χ2v) is 6.39. The Morgan fingerprint density at radius 1 is 1.35 bits per heavy atom. The maximum atomic E-state index is 12.2. The summed E-state index contributed by atoms with van der Waals surface area (Å²) in [7, 11) is 1.87. The van der Waals surface area contributed by atoms with Crippen LogP contribution in [0, 0.1) is 5.41 Å². The van der Waals surface area contributed by atoms with E-state index in [0.717, 1.165) is 30.8 Å². The van der Waals surface area contributed by atoms with Crippen molar-refractivity contribution in [3.8, 4) is 0 Å². The molecule has 0 N–H and O–H groups in total. The standard InChI is InChI=1S/C15H20N4O/c1-15(2)8-12-11(13(20)9-15)4-6-19(12)7-5-14-16-10-18(3)17-14/h4,6,10H,5,7-9H2,1-3H3. The Hall–Kier alpha value is -1.91. The van der Waals surface area contributed by atoms with E-state index in [1.165, 1.54) is 5.69 Å². The van der Waals surface area contributed by atoms with E-state index in [1.54, 1.807) is 11.0 Å². The Bertz CT molecular complexity index is 651. The van der Waals surface area contributed by atoms with Crippen molar-refractivity contribution in [3.05, 3.63) is 35.7 Å². The van der Waals surface area contributed by atoms with Crippen LogP contribution in [0.2, 0.25) is 0 Å². The third-order valence-electron chi connectivity index (χ3n) is 3.89. The van der Waals surface area contributed by atoms with Crippen LogP contribution < -0.4 is 0 Å². The Morgan fingerprint density at radius 2 is 2.15 bits per heavy atom. The van der Waals surface area contributed by atoms with E-state index in [-0.39, 0.29) is 11.2 Å². The Kier molecular flexibility index (Phi) is 3.00. The number of aromatic nitrogens is 4. The Balaban J connectivity index is 1.80. The van der Waals surface area contributed by atoms with Crippen molar-refractivity contribution in [3.63, 3.8) is 0 Å². The SMILES string of the molecule is Cn1cnc(CCn2ccc3c2CC(C)(C)CC3=O)n1. The van der Waals surface area contributed by atoms with E-state index in [9.17, 15) is 4.79 Å². The summed E-state index contributed by atoms with van der Waals surface area (Å²) >= 11 is 0. The molecule has 5 nitrogen and oxygen atoms in total. The number of fused-ring (bicyclic) bond motifs is 1. The summed E-state index contributed by atoms with van der Waals surface area (Å²) in [5.41, 5.74) is 2.13. The summed E-state index contributed by atoms with van der Waals surface area (Å²) in [6.45, 7) is 5.14. The van der Waals surface area contributed by atoms with Crippen molar-refractivity contribution in [2.24, 2.45) is 12.5 Å². The van der Waals surface area contributed by atoms with E-state index >= 15 is 0 Å². The molecular formula is C15H20N4O. The highest BCUT2D eigenvalue weighted by Crippen LogP contribution is 2.35. The molecule has 1 aliphatic carbocycles. The van der Waals surface area contributed by atoms with Gasteiger partial charge in [-0.2, -0.15) is 5.10 Å². The average molecular weight is 272 g/mol. The van der Waals surface area contributed by atoms with Crippen molar-refractivity contribution in [1.82, 2.24) is 19.3 Å². The summed E-state index contributed by atoms with van der Waals surface area (Å²) in [4.78, 5) is 16.4. The van der Waals surface area contributed by atoms with Crippen LogP contribution in [0.5, 0.6) is 0 Å². The topological polar surface area (TPSA) is 52.7 Å². The molecule has 106 valence electrons. The molecule has 0 bridgehead atoms. The van der Waals surface area contributed by atoms with Gasteiger partial charge in [0.15, 0.2) is 11.6 Å². The van der Waals surface area contributed by atoms with Gasteiger partial charge >= 0.3 is 0 Å². The highest BCUT2D eigenvalue weighted by atomic mass is 16.1. The van der Waals surface area contributed by atoms with Crippen LogP contribution in [0.4, 0.5) is 0 Å². The van der Waals surface area contributed by atoms with Gasteiger partial charge < -0.3 is 4.57 Å². The van der Waals surface area contributed by atoms with Gasteiger partial charge in [-0.3, -0.25) is 9.48 Å². The number of nitrogens with zero attached hydrogens (tertiary/aromatic N) is 4. The summed E-state index contributed by atoms with van der Waals surface area (Å²) in [5, 5.41) is 4.29. The van der Waals surface area contributed by atoms with Crippen molar-refractivity contribution < 1.29 is 4.79 Å². The third kappa shape index (κ3) is 2.40. The zero-order valence-corrected chi connectivity index (χ0v) is 12.3. The molecule has 0 aromatic carbocycles. The molecule has 2 aromatic rings. The summed E-state index contributed by atoms with van der Waals surface area (Å²) < 4.78 is 3.90. The van der Waals surface area contributed by atoms with Gasteiger partial charge in [0.2, 0.25) is 0 Å². The molecule has 0 aliphatic heterocycles. The first-order chi connectivity index (χ1) is 9.44. The van der Waals surface area contributed by atoms with Gasteiger partial charge in [0.1, 0.15) is 6.33 Å². The first-order valence-corrected chi connectivity index (χ1v) is 7.00. The number of carbonyl (C=O) groups excluding carboxylic acids is 1. The summed E-state index contributed by atoms with van der Waals surface area (Å²) in [5.74, 6) is 1.11. The van der Waals surface area contributed by atoms with Gasteiger partial charge in [0.05, 0.1) is 0 Å². The fourth-order valence-corrected chi connectivity index (χ4v) is 2.93. The molecule has 0 fully saturated rings. The van der Waals surface area contributed by atoms with Crippen LogP contribution in [0.1, 0.15) is 42.1 Å². The van der Waals surface area contributed by atoms with Gasteiger partial charge in [-0.25, -0.2) is 4.98 Å². The van der Waals surface area contributed by atoms with Crippen molar-refractivity contribution >= 4 is 5.78 Å². The number of aryl methyl sites for hydroxylation is 3. The predicted octanol–water partition coefficient (Wildman–Crippen LogP) is 2.01. The molecule has 5 heteroatoms. The monoisotopic (exact) mass is 272 g/mol. The minimum Gasteiger partial charge on any atom is -0.350 e. The predicted molar refractivity (Wildman–Crippen MR) is 75.6 cm³/mol. The van der Waals surface area contributed by atoms with E-state index in [1.807, 2.05) is 19.3 Å². The minimum absolute atomic E-state index is 0.0590. The molecule has 0 atom stereocenters. The lowest BCUT2D eigenvalue weighted by Crippen LogP contribution is -2.28. The largest absolute Gasteiger partial charge is 0.350 e. The van der Waals surface area contributed by atoms with Crippen molar-refractivity contribution in [2.75, 3.05) is 0 Å². The summed E-state index contributed by atoms with van der Waals surface area (Å²) in [6, 6.07) is 1.96. The molecular weight excluding hydrogens is 252 g/mol. The van der Waals surface area contributed by atoms with Crippen LogP contribution in [0.15, 0.2) is 18.6 Å². The quantitative estimate of drug-likeness (QED) is 0.859. The molecule has 0 unspecified atom stereocenters. The highest BCUT2D eigenvalue weighted by molar-refractivity contribution is 5.98. The number of ketones is 1. The van der Waals surface area contributed by atoms with Gasteiger partial charge in [0.25, 0.3) is 0 Å². The van der Waals surface area contributed by atoms with E-state index in [4.69, 9.17) is 0 Å². The number of Topliss-reactive ketones (excluding diaryl/α,β-unsaturated/α-hetero) is 1. The number of rotatable bonds is 3. The van der Waals surface area contributed by atoms with Crippen LogP contribution in [-0.2, 0) is 26.4 Å². The zero-order valence-electron chi connectivity index (χ0n) is 12.3. The van der Waals surface area contributed by atoms with E-state index < -0.39 is 0 Å². The Morgan fingerprint density at radius 3 is 2.85 bits per heavy atom. The lowest BCUT2D eigenvalue weighted by molar-refractivity contribution is 0.0910. The molecule has 2 heterocycles. The normalized spacial score (nSPS) is 17.2. The molecule has 0 saturated heterocycles.